The molecular weight excluding hydrogens is 608 g/mol. The van der Waals surface area contributed by atoms with Crippen LogP contribution in [0.15, 0.2) is 70.4 Å². The Kier molecular flexibility index (Phi) is 8.92. The number of carbonyl (C=O) groups is 1. The number of methoxy groups -OCH3 is 1. The van der Waals surface area contributed by atoms with Gasteiger partial charge in [-0.1, -0.05) is 29.7 Å². The standard InChI is InChI=1S/C26H21ClF4N4O6S/c1-3-25(36)35(24-7-5-16(13-32-24)42(37,38)34-23-8-9-41-33-23)20-12-18(27)17(11-22(20)39-2)15-4-6-19(28)21(10-15)40-14-26(29,30)31/h4-13H,3,14H2,1-2H3,(H,33,34). The van der Waals surface area contributed by atoms with Crippen molar-refractivity contribution in [3.63, 3.8) is 0 Å². The van der Waals surface area contributed by atoms with Gasteiger partial charge < -0.3 is 14.0 Å². The van der Waals surface area contributed by atoms with Crippen molar-refractivity contribution in [1.29, 1.82) is 0 Å². The number of hydrogen-bond donors (Lipinski definition) is 1. The SMILES string of the molecule is CCC(=O)N(c1ccc(S(=O)(=O)Nc2ccon2)cn1)c1cc(Cl)c(-c2ccc(F)c(OCC(F)(F)F)c2)cc1OC. The van der Waals surface area contributed by atoms with Crippen LogP contribution in [0, 0.1) is 5.82 Å². The third-order valence-electron chi connectivity index (χ3n) is 5.63. The van der Waals surface area contributed by atoms with E-state index in [1.807, 2.05) is 0 Å². The Morgan fingerprint density at radius 2 is 1.88 bits per heavy atom. The van der Waals surface area contributed by atoms with E-state index >= 15 is 0 Å². The van der Waals surface area contributed by atoms with Gasteiger partial charge in [0.1, 0.15) is 22.7 Å². The maximum Gasteiger partial charge on any atom is 0.422 e. The molecule has 0 unspecified atom stereocenters. The lowest BCUT2D eigenvalue weighted by Crippen LogP contribution is -2.26. The van der Waals surface area contributed by atoms with Gasteiger partial charge in [0, 0.05) is 24.2 Å². The van der Waals surface area contributed by atoms with E-state index in [2.05, 4.69) is 24.1 Å². The summed E-state index contributed by atoms with van der Waals surface area (Å²) in [5, 5.41) is 3.53. The lowest BCUT2D eigenvalue weighted by atomic mass is 10.0. The van der Waals surface area contributed by atoms with E-state index in [0.717, 1.165) is 18.3 Å². The van der Waals surface area contributed by atoms with Gasteiger partial charge in [-0.15, -0.1) is 0 Å². The van der Waals surface area contributed by atoms with E-state index in [1.165, 1.54) is 54.7 Å². The molecule has 2 aromatic carbocycles. The Balaban J connectivity index is 1.71. The molecule has 0 aliphatic rings. The molecule has 0 atom stereocenters. The van der Waals surface area contributed by atoms with Crippen molar-refractivity contribution in [2.24, 2.45) is 0 Å². The van der Waals surface area contributed by atoms with Crippen molar-refractivity contribution < 1.29 is 44.8 Å². The molecule has 0 saturated heterocycles. The highest BCUT2D eigenvalue weighted by molar-refractivity contribution is 7.92. The topological polar surface area (TPSA) is 124 Å². The van der Waals surface area contributed by atoms with Crippen molar-refractivity contribution in [1.82, 2.24) is 10.1 Å². The Morgan fingerprint density at radius 1 is 1.12 bits per heavy atom. The second-order valence-electron chi connectivity index (χ2n) is 8.48. The van der Waals surface area contributed by atoms with Gasteiger partial charge >= 0.3 is 6.18 Å². The minimum absolute atomic E-state index is 0.00976. The fourth-order valence-corrected chi connectivity index (χ4v) is 4.92. The average molecular weight is 629 g/mol. The summed E-state index contributed by atoms with van der Waals surface area (Å²) < 4.78 is 94.2. The molecule has 0 aliphatic heterocycles. The predicted octanol–water partition coefficient (Wildman–Crippen LogP) is 6.35. The first-order chi connectivity index (χ1) is 19.8. The molecule has 222 valence electrons. The highest BCUT2D eigenvalue weighted by atomic mass is 35.5. The second-order valence-corrected chi connectivity index (χ2v) is 10.6. The number of rotatable bonds is 10. The van der Waals surface area contributed by atoms with Gasteiger partial charge in [-0.2, -0.15) is 13.2 Å². The molecule has 2 aromatic heterocycles. The largest absolute Gasteiger partial charge is 0.495 e. The van der Waals surface area contributed by atoms with Gasteiger partial charge in [0.05, 0.1) is 17.8 Å². The molecule has 2 heterocycles. The zero-order chi connectivity index (χ0) is 30.7. The smallest absolute Gasteiger partial charge is 0.422 e. The van der Waals surface area contributed by atoms with Crippen LogP contribution in [-0.4, -0.2) is 44.4 Å². The Labute approximate surface area is 241 Å². The normalized spacial score (nSPS) is 11.7. The van der Waals surface area contributed by atoms with Crippen molar-refractivity contribution >= 4 is 44.9 Å². The number of sulfonamides is 1. The predicted molar refractivity (Wildman–Crippen MR) is 144 cm³/mol. The second kappa shape index (κ2) is 12.2. The number of aromatic nitrogens is 2. The van der Waals surface area contributed by atoms with Crippen molar-refractivity contribution in [2.75, 3.05) is 23.3 Å². The van der Waals surface area contributed by atoms with Gasteiger partial charge in [0.25, 0.3) is 10.0 Å². The molecule has 10 nitrogen and oxygen atoms in total. The van der Waals surface area contributed by atoms with Crippen LogP contribution in [0.2, 0.25) is 5.02 Å². The van der Waals surface area contributed by atoms with E-state index < -0.39 is 40.3 Å². The molecule has 4 aromatic rings. The zero-order valence-corrected chi connectivity index (χ0v) is 23.3. The van der Waals surface area contributed by atoms with E-state index in [1.54, 1.807) is 6.92 Å². The molecule has 0 fully saturated rings. The summed E-state index contributed by atoms with van der Waals surface area (Å²) in [6.07, 6.45) is -2.44. The number of nitrogens with zero attached hydrogens (tertiary/aromatic N) is 3. The number of nitrogens with one attached hydrogen (secondary N) is 1. The molecule has 0 saturated carbocycles. The Bertz CT molecular complexity index is 1680. The van der Waals surface area contributed by atoms with Crippen LogP contribution < -0.4 is 19.1 Å². The summed E-state index contributed by atoms with van der Waals surface area (Å²) in [4.78, 5) is 18.2. The number of halogens is 5. The number of anilines is 3. The summed E-state index contributed by atoms with van der Waals surface area (Å²) in [6, 6.07) is 9.89. The van der Waals surface area contributed by atoms with Crippen LogP contribution in [-0.2, 0) is 14.8 Å². The Morgan fingerprint density at radius 3 is 2.48 bits per heavy atom. The first-order valence-corrected chi connectivity index (χ1v) is 13.8. The summed E-state index contributed by atoms with van der Waals surface area (Å²) in [5.41, 5.74) is 0.591. The fourth-order valence-electron chi connectivity index (χ4n) is 3.71. The van der Waals surface area contributed by atoms with E-state index in [-0.39, 0.29) is 50.5 Å². The third kappa shape index (κ3) is 6.91. The number of amides is 1. The molecular formula is C26H21ClF4N4O6S. The molecule has 16 heteroatoms. The maximum atomic E-state index is 14.1. The van der Waals surface area contributed by atoms with Crippen LogP contribution in [0.1, 0.15) is 13.3 Å². The van der Waals surface area contributed by atoms with Crippen LogP contribution >= 0.6 is 11.6 Å². The van der Waals surface area contributed by atoms with E-state index in [4.69, 9.17) is 16.3 Å². The van der Waals surface area contributed by atoms with Crippen LogP contribution in [0.4, 0.5) is 34.9 Å². The maximum absolute atomic E-state index is 14.1. The molecule has 0 bridgehead atoms. The summed E-state index contributed by atoms with van der Waals surface area (Å²) in [6.45, 7) is -0.0970. The van der Waals surface area contributed by atoms with Gasteiger partial charge in [0.2, 0.25) is 5.91 Å². The number of benzene rings is 2. The van der Waals surface area contributed by atoms with Gasteiger partial charge in [-0.3, -0.25) is 14.4 Å². The molecule has 0 radical (unpaired) electrons. The average Bonchev–Trinajstić information content (AvgIpc) is 3.45. The summed E-state index contributed by atoms with van der Waals surface area (Å²) >= 11 is 6.54. The van der Waals surface area contributed by atoms with Crippen LogP contribution in [0.25, 0.3) is 11.1 Å². The minimum atomic E-state index is -4.68. The monoisotopic (exact) mass is 628 g/mol. The van der Waals surface area contributed by atoms with E-state index in [0.29, 0.717) is 0 Å². The van der Waals surface area contributed by atoms with Crippen molar-refractivity contribution in [3.05, 3.63) is 71.8 Å². The van der Waals surface area contributed by atoms with Crippen molar-refractivity contribution in [2.45, 2.75) is 24.4 Å². The molecule has 0 spiro atoms. The number of carbonyl (C=O) groups excluding carboxylic acids is 1. The van der Waals surface area contributed by atoms with Crippen LogP contribution in [0.3, 0.4) is 0 Å². The number of alkyl halides is 3. The summed E-state index contributed by atoms with van der Waals surface area (Å²) in [5.74, 6) is -2.00. The third-order valence-corrected chi connectivity index (χ3v) is 7.28. The van der Waals surface area contributed by atoms with Gasteiger partial charge in [-0.05, 0) is 42.0 Å². The highest BCUT2D eigenvalue weighted by Crippen LogP contribution is 2.42. The molecule has 1 amide bonds. The minimum Gasteiger partial charge on any atom is -0.495 e. The lowest BCUT2D eigenvalue weighted by molar-refractivity contribution is -0.153. The quantitative estimate of drug-likeness (QED) is 0.201. The first kappa shape index (κ1) is 30.6. The molecule has 1 N–H and O–H groups in total. The molecule has 42 heavy (non-hydrogen) atoms. The lowest BCUT2D eigenvalue weighted by Gasteiger charge is -2.25. The first-order valence-electron chi connectivity index (χ1n) is 11.9. The molecule has 0 aliphatic carbocycles. The van der Waals surface area contributed by atoms with E-state index in [9.17, 15) is 30.8 Å². The zero-order valence-electron chi connectivity index (χ0n) is 21.8. The highest BCUT2D eigenvalue weighted by Gasteiger charge is 2.29. The fraction of sp³-hybridized carbons (Fsp3) is 0.192. The van der Waals surface area contributed by atoms with Crippen molar-refractivity contribution in [3.8, 4) is 22.6 Å². The summed E-state index contributed by atoms with van der Waals surface area (Å²) in [7, 11) is -2.76. The number of pyridine rings is 1. The molecule has 4 rings (SSSR count). The number of ether oxygens (including phenoxy) is 2. The van der Waals surface area contributed by atoms with Gasteiger partial charge in [0.15, 0.2) is 24.0 Å². The Hall–Kier alpha value is -4.37. The van der Waals surface area contributed by atoms with Crippen LogP contribution in [0.5, 0.6) is 11.5 Å². The van der Waals surface area contributed by atoms with Gasteiger partial charge in [-0.25, -0.2) is 17.8 Å². The number of hydrogen-bond acceptors (Lipinski definition) is 8.